The van der Waals surface area contributed by atoms with E-state index in [0.717, 1.165) is 6.42 Å². The van der Waals surface area contributed by atoms with Crippen LogP contribution in [0.25, 0.3) is 6.08 Å². The fourth-order valence-corrected chi connectivity index (χ4v) is 2.16. The second-order valence-corrected chi connectivity index (χ2v) is 4.00. The number of alkyl halides is 1. The molecule has 0 unspecified atom stereocenters. The maximum Gasteiger partial charge on any atom is 0.0480 e. The third-order valence-corrected chi connectivity index (χ3v) is 2.96. The Balaban J connectivity index is 2.61. The van der Waals surface area contributed by atoms with Gasteiger partial charge in [0.05, 0.1) is 0 Å². The van der Waals surface area contributed by atoms with Crippen LogP contribution in [-0.2, 0) is 12.3 Å². The summed E-state index contributed by atoms with van der Waals surface area (Å²) in [6.07, 6.45) is 3.37. The van der Waals surface area contributed by atoms with Crippen LogP contribution in [0.5, 0.6) is 0 Å². The van der Waals surface area contributed by atoms with Crippen molar-refractivity contribution in [2.24, 2.45) is 0 Å². The SMILES string of the molecule is CC1=Cc2c(CCl)ccc(C)c2C1. The summed E-state index contributed by atoms with van der Waals surface area (Å²) in [6.45, 7) is 4.35. The van der Waals surface area contributed by atoms with Gasteiger partial charge in [-0.3, -0.25) is 0 Å². The highest BCUT2D eigenvalue weighted by Crippen LogP contribution is 2.30. The maximum atomic E-state index is 5.88. The molecule has 0 spiro atoms. The summed E-state index contributed by atoms with van der Waals surface area (Å²) in [7, 11) is 0. The Morgan fingerprint density at radius 1 is 1.31 bits per heavy atom. The van der Waals surface area contributed by atoms with E-state index < -0.39 is 0 Å². The molecule has 1 aliphatic carbocycles. The minimum atomic E-state index is 0.617. The third kappa shape index (κ3) is 1.40. The summed E-state index contributed by atoms with van der Waals surface area (Å²) in [5.41, 5.74) is 6.93. The van der Waals surface area contributed by atoms with Crippen LogP contribution in [0.4, 0.5) is 0 Å². The van der Waals surface area contributed by atoms with Crippen molar-refractivity contribution in [3.8, 4) is 0 Å². The molecule has 1 aromatic carbocycles. The number of fused-ring (bicyclic) bond motifs is 1. The lowest BCUT2D eigenvalue weighted by molar-refractivity contribution is 1.15. The van der Waals surface area contributed by atoms with Gasteiger partial charge in [0.15, 0.2) is 0 Å². The van der Waals surface area contributed by atoms with Gasteiger partial charge in [-0.25, -0.2) is 0 Å². The van der Waals surface area contributed by atoms with Crippen LogP contribution in [0.2, 0.25) is 0 Å². The average molecular weight is 193 g/mol. The van der Waals surface area contributed by atoms with Gasteiger partial charge < -0.3 is 0 Å². The van der Waals surface area contributed by atoms with Gasteiger partial charge in [-0.05, 0) is 42.5 Å². The van der Waals surface area contributed by atoms with Crippen molar-refractivity contribution in [3.05, 3.63) is 40.0 Å². The molecule has 0 radical (unpaired) electrons. The number of aryl methyl sites for hydroxylation is 1. The highest BCUT2D eigenvalue weighted by atomic mass is 35.5. The molecule has 1 heteroatoms. The number of benzene rings is 1. The third-order valence-electron chi connectivity index (χ3n) is 2.67. The number of hydrogen-bond acceptors (Lipinski definition) is 0. The second kappa shape index (κ2) is 3.19. The molecule has 13 heavy (non-hydrogen) atoms. The van der Waals surface area contributed by atoms with Crippen LogP contribution in [0.15, 0.2) is 17.7 Å². The Morgan fingerprint density at radius 2 is 2.08 bits per heavy atom. The molecule has 1 aliphatic rings. The number of rotatable bonds is 1. The van der Waals surface area contributed by atoms with E-state index in [1.165, 1.54) is 27.8 Å². The van der Waals surface area contributed by atoms with Crippen molar-refractivity contribution in [1.29, 1.82) is 0 Å². The van der Waals surface area contributed by atoms with Crippen molar-refractivity contribution in [2.45, 2.75) is 26.1 Å². The van der Waals surface area contributed by atoms with Crippen LogP contribution in [0, 0.1) is 6.92 Å². The van der Waals surface area contributed by atoms with E-state index in [-0.39, 0.29) is 0 Å². The molecule has 2 rings (SSSR count). The second-order valence-electron chi connectivity index (χ2n) is 3.73. The topological polar surface area (TPSA) is 0 Å². The molecular formula is C12H13Cl. The minimum Gasteiger partial charge on any atom is -0.122 e. The summed E-state index contributed by atoms with van der Waals surface area (Å²) in [4.78, 5) is 0. The first kappa shape index (κ1) is 8.83. The standard InChI is InChI=1S/C12H13Cl/c1-8-5-11-9(2)3-4-10(7-13)12(11)6-8/h3-4,6H,5,7H2,1-2H3. The molecule has 1 aromatic rings. The van der Waals surface area contributed by atoms with E-state index in [4.69, 9.17) is 11.6 Å². The molecule has 0 saturated carbocycles. The summed E-state index contributed by atoms with van der Waals surface area (Å²) >= 11 is 5.88. The predicted molar refractivity (Wildman–Crippen MR) is 58.1 cm³/mol. The van der Waals surface area contributed by atoms with Crippen molar-refractivity contribution >= 4 is 17.7 Å². The number of hydrogen-bond donors (Lipinski definition) is 0. The molecule has 0 bridgehead atoms. The van der Waals surface area contributed by atoms with E-state index in [0.29, 0.717) is 5.88 Å². The highest BCUT2D eigenvalue weighted by Gasteiger charge is 2.14. The Hall–Kier alpha value is -0.750. The average Bonchev–Trinajstić information content (AvgIpc) is 2.48. The first-order chi connectivity index (χ1) is 6.22. The summed E-state index contributed by atoms with van der Waals surface area (Å²) in [5.74, 6) is 0.617. The lowest BCUT2D eigenvalue weighted by Crippen LogP contribution is -1.92. The van der Waals surface area contributed by atoms with Crippen molar-refractivity contribution < 1.29 is 0 Å². The lowest BCUT2D eigenvalue weighted by atomic mass is 9.99. The van der Waals surface area contributed by atoms with Crippen molar-refractivity contribution in [1.82, 2.24) is 0 Å². The Bertz CT molecular complexity index is 375. The van der Waals surface area contributed by atoms with Gasteiger partial charge in [-0.2, -0.15) is 0 Å². The van der Waals surface area contributed by atoms with Gasteiger partial charge in [0.1, 0.15) is 0 Å². The molecule has 0 aromatic heterocycles. The molecule has 0 N–H and O–H groups in total. The Labute approximate surface area is 84.2 Å². The highest BCUT2D eigenvalue weighted by molar-refractivity contribution is 6.17. The van der Waals surface area contributed by atoms with Crippen LogP contribution in [-0.4, -0.2) is 0 Å². The summed E-state index contributed by atoms with van der Waals surface area (Å²) < 4.78 is 0. The summed E-state index contributed by atoms with van der Waals surface area (Å²) in [5, 5.41) is 0. The number of allylic oxidation sites excluding steroid dienone is 1. The molecule has 0 atom stereocenters. The zero-order valence-corrected chi connectivity index (χ0v) is 8.78. The molecule has 0 heterocycles. The predicted octanol–water partition coefficient (Wildman–Crippen LogP) is 3.69. The van der Waals surface area contributed by atoms with Crippen molar-refractivity contribution in [2.75, 3.05) is 0 Å². The fraction of sp³-hybridized carbons (Fsp3) is 0.333. The van der Waals surface area contributed by atoms with Crippen LogP contribution in [0.3, 0.4) is 0 Å². The normalized spacial score (nSPS) is 14.2. The molecule has 0 aliphatic heterocycles. The Kier molecular flexibility index (Phi) is 2.17. The van der Waals surface area contributed by atoms with E-state index in [1.54, 1.807) is 0 Å². The largest absolute Gasteiger partial charge is 0.122 e. The van der Waals surface area contributed by atoms with Crippen LogP contribution in [0.1, 0.15) is 29.2 Å². The van der Waals surface area contributed by atoms with Gasteiger partial charge in [0.2, 0.25) is 0 Å². The fourth-order valence-electron chi connectivity index (χ4n) is 1.93. The Morgan fingerprint density at radius 3 is 2.77 bits per heavy atom. The molecule has 0 amide bonds. The van der Waals surface area contributed by atoms with E-state index in [1.807, 2.05) is 0 Å². The van der Waals surface area contributed by atoms with E-state index in [9.17, 15) is 0 Å². The first-order valence-corrected chi connectivity index (χ1v) is 5.10. The van der Waals surface area contributed by atoms with E-state index >= 15 is 0 Å². The van der Waals surface area contributed by atoms with E-state index in [2.05, 4.69) is 32.1 Å². The van der Waals surface area contributed by atoms with Crippen LogP contribution < -0.4 is 0 Å². The van der Waals surface area contributed by atoms with Gasteiger partial charge in [-0.1, -0.05) is 23.8 Å². The molecule has 0 nitrogen and oxygen atoms in total. The molecule has 68 valence electrons. The molecular weight excluding hydrogens is 180 g/mol. The molecule has 0 saturated heterocycles. The quantitative estimate of drug-likeness (QED) is 0.596. The van der Waals surface area contributed by atoms with Gasteiger partial charge in [-0.15, -0.1) is 11.6 Å². The summed E-state index contributed by atoms with van der Waals surface area (Å²) in [6, 6.07) is 4.30. The maximum absolute atomic E-state index is 5.88. The molecule has 0 fully saturated rings. The van der Waals surface area contributed by atoms with Crippen molar-refractivity contribution in [3.63, 3.8) is 0 Å². The van der Waals surface area contributed by atoms with Gasteiger partial charge >= 0.3 is 0 Å². The minimum absolute atomic E-state index is 0.617. The zero-order chi connectivity index (χ0) is 9.42. The number of halogens is 1. The lowest BCUT2D eigenvalue weighted by Gasteiger charge is -2.07. The smallest absolute Gasteiger partial charge is 0.0480 e. The first-order valence-electron chi connectivity index (χ1n) is 4.57. The van der Waals surface area contributed by atoms with Gasteiger partial charge in [0, 0.05) is 5.88 Å². The zero-order valence-electron chi connectivity index (χ0n) is 8.02. The van der Waals surface area contributed by atoms with Gasteiger partial charge in [0.25, 0.3) is 0 Å². The monoisotopic (exact) mass is 192 g/mol. The van der Waals surface area contributed by atoms with Crippen LogP contribution >= 0.6 is 11.6 Å².